The predicted molar refractivity (Wildman–Crippen MR) is 91.8 cm³/mol. The zero-order chi connectivity index (χ0) is 16.8. The summed E-state index contributed by atoms with van der Waals surface area (Å²) in [5.74, 6) is -0.326. The van der Waals surface area contributed by atoms with Gasteiger partial charge < -0.3 is 15.0 Å². The first-order chi connectivity index (χ1) is 11.0. The fourth-order valence-electron chi connectivity index (χ4n) is 2.21. The molecule has 0 saturated heterocycles. The van der Waals surface area contributed by atoms with E-state index in [0.717, 1.165) is 5.56 Å². The van der Waals surface area contributed by atoms with Crippen molar-refractivity contribution < 1.29 is 13.9 Å². The molecule has 1 atom stereocenters. The summed E-state index contributed by atoms with van der Waals surface area (Å²) in [6.45, 7) is 0.568. The molecule has 0 bridgehead atoms. The lowest BCUT2D eigenvalue weighted by Gasteiger charge is -2.23. The van der Waals surface area contributed by atoms with Gasteiger partial charge >= 0.3 is 0 Å². The molecule has 1 unspecified atom stereocenters. The third kappa shape index (κ3) is 4.94. The number of hydrogen-bond donors (Lipinski definition) is 1. The number of nitrogens with zero attached hydrogens (tertiary/aromatic N) is 3. The van der Waals surface area contributed by atoms with Crippen LogP contribution in [-0.4, -0.2) is 47.8 Å². The lowest BCUT2D eigenvalue weighted by molar-refractivity contribution is -0.132. The Morgan fingerprint density at radius 2 is 2.17 bits per heavy atom. The molecule has 1 aromatic carbocycles. The number of amides is 1. The van der Waals surface area contributed by atoms with E-state index in [1.54, 1.807) is 61.3 Å². The number of nitrogens with one attached hydrogen (secondary N) is 1. The summed E-state index contributed by atoms with van der Waals surface area (Å²) in [6.07, 6.45) is 3.45. The number of para-hydroxylation sites is 1. The van der Waals surface area contributed by atoms with E-state index in [9.17, 15) is 9.18 Å². The standard InChI is InChI=1S/C16H21FN4O2.ClH/c1-18-15(12-10-19-21(3)11-12)16(22)20(2)8-9-23-14-7-5-4-6-13(14)17;/h4-7,10-11,15,18H,8-9H2,1-3H3;1H. The topological polar surface area (TPSA) is 59.4 Å². The van der Waals surface area contributed by atoms with Crippen molar-refractivity contribution in [3.8, 4) is 5.75 Å². The van der Waals surface area contributed by atoms with Gasteiger partial charge in [-0.25, -0.2) is 4.39 Å². The Hall–Kier alpha value is -2.12. The van der Waals surface area contributed by atoms with E-state index >= 15 is 0 Å². The Balaban J connectivity index is 0.00000288. The van der Waals surface area contributed by atoms with Crippen molar-refractivity contribution in [2.24, 2.45) is 7.05 Å². The maximum absolute atomic E-state index is 13.5. The van der Waals surface area contributed by atoms with Crippen LogP contribution in [0.3, 0.4) is 0 Å². The molecule has 8 heteroatoms. The summed E-state index contributed by atoms with van der Waals surface area (Å²) in [4.78, 5) is 14.0. The molecule has 132 valence electrons. The van der Waals surface area contributed by atoms with E-state index < -0.39 is 11.9 Å². The van der Waals surface area contributed by atoms with Crippen LogP contribution in [0, 0.1) is 5.82 Å². The molecule has 0 saturated carbocycles. The van der Waals surface area contributed by atoms with Crippen LogP contribution in [-0.2, 0) is 11.8 Å². The molecule has 2 aromatic rings. The highest BCUT2D eigenvalue weighted by Crippen LogP contribution is 2.16. The summed E-state index contributed by atoms with van der Waals surface area (Å²) in [5.41, 5.74) is 0.793. The molecule has 0 fully saturated rings. The molecule has 1 heterocycles. The summed E-state index contributed by atoms with van der Waals surface area (Å²) >= 11 is 0. The number of benzene rings is 1. The minimum absolute atomic E-state index is 0. The molecule has 0 aliphatic carbocycles. The highest BCUT2D eigenvalue weighted by Gasteiger charge is 2.23. The number of likely N-dealkylation sites (N-methyl/N-ethyl adjacent to an activating group) is 2. The largest absolute Gasteiger partial charge is 0.489 e. The van der Waals surface area contributed by atoms with Crippen LogP contribution in [0.25, 0.3) is 0 Å². The number of aromatic nitrogens is 2. The van der Waals surface area contributed by atoms with Crippen LogP contribution < -0.4 is 10.1 Å². The van der Waals surface area contributed by atoms with Gasteiger partial charge in [0.25, 0.3) is 0 Å². The summed E-state index contributed by atoms with van der Waals surface area (Å²) in [6, 6.07) is 5.73. The quantitative estimate of drug-likeness (QED) is 0.821. The van der Waals surface area contributed by atoms with Crippen molar-refractivity contribution in [2.75, 3.05) is 27.2 Å². The van der Waals surface area contributed by atoms with E-state index in [1.165, 1.54) is 6.07 Å². The Bertz CT molecular complexity index is 665. The Kier molecular flexibility index (Phi) is 7.67. The van der Waals surface area contributed by atoms with Crippen LogP contribution in [0.15, 0.2) is 36.7 Å². The molecule has 6 nitrogen and oxygen atoms in total. The average Bonchev–Trinajstić information content (AvgIpc) is 2.96. The summed E-state index contributed by atoms with van der Waals surface area (Å²) in [5, 5.41) is 7.06. The molecule has 1 aromatic heterocycles. The molecule has 0 aliphatic heterocycles. The molecule has 1 amide bonds. The van der Waals surface area contributed by atoms with E-state index in [1.807, 2.05) is 0 Å². The fraction of sp³-hybridized carbons (Fsp3) is 0.375. The number of halogens is 2. The first-order valence-corrected chi connectivity index (χ1v) is 7.31. The maximum atomic E-state index is 13.5. The van der Waals surface area contributed by atoms with Gasteiger partial charge in [0.2, 0.25) is 5.91 Å². The van der Waals surface area contributed by atoms with Gasteiger partial charge in [-0.2, -0.15) is 5.10 Å². The van der Waals surface area contributed by atoms with E-state index in [0.29, 0.717) is 6.54 Å². The maximum Gasteiger partial charge on any atom is 0.244 e. The predicted octanol–water partition coefficient (Wildman–Crippen LogP) is 1.78. The Morgan fingerprint density at radius 3 is 2.75 bits per heavy atom. The lowest BCUT2D eigenvalue weighted by atomic mass is 10.1. The normalized spacial score (nSPS) is 11.5. The first-order valence-electron chi connectivity index (χ1n) is 7.31. The second-order valence-corrected chi connectivity index (χ2v) is 5.21. The van der Waals surface area contributed by atoms with Crippen LogP contribution in [0.4, 0.5) is 4.39 Å². The molecule has 2 rings (SSSR count). The second kappa shape index (κ2) is 9.24. The number of carbonyl (C=O) groups excluding carboxylic acids is 1. The van der Waals surface area contributed by atoms with Gasteiger partial charge in [0.1, 0.15) is 12.6 Å². The van der Waals surface area contributed by atoms with Crippen molar-refractivity contribution >= 4 is 18.3 Å². The van der Waals surface area contributed by atoms with Gasteiger partial charge in [-0.1, -0.05) is 12.1 Å². The van der Waals surface area contributed by atoms with Crippen molar-refractivity contribution in [2.45, 2.75) is 6.04 Å². The molecule has 0 spiro atoms. The van der Waals surface area contributed by atoms with E-state index in [2.05, 4.69) is 10.4 Å². The fourth-order valence-corrected chi connectivity index (χ4v) is 2.21. The van der Waals surface area contributed by atoms with Gasteiger partial charge in [-0.15, -0.1) is 12.4 Å². The van der Waals surface area contributed by atoms with Crippen molar-refractivity contribution in [1.29, 1.82) is 0 Å². The molecule has 0 aliphatic rings. The van der Waals surface area contributed by atoms with Gasteiger partial charge in [-0.05, 0) is 19.2 Å². The number of ether oxygens (including phenoxy) is 1. The number of aryl methyl sites for hydroxylation is 1. The van der Waals surface area contributed by atoms with E-state index in [4.69, 9.17) is 4.74 Å². The van der Waals surface area contributed by atoms with Gasteiger partial charge in [-0.3, -0.25) is 9.48 Å². The minimum atomic E-state index is -0.470. The van der Waals surface area contributed by atoms with Gasteiger partial charge in [0, 0.05) is 25.9 Å². The molecule has 24 heavy (non-hydrogen) atoms. The first kappa shape index (κ1) is 19.9. The summed E-state index contributed by atoms with van der Waals surface area (Å²) in [7, 11) is 5.21. The van der Waals surface area contributed by atoms with E-state index in [-0.39, 0.29) is 30.7 Å². The van der Waals surface area contributed by atoms with Gasteiger partial charge in [0.15, 0.2) is 11.6 Å². The van der Waals surface area contributed by atoms with Gasteiger partial charge in [0.05, 0.1) is 12.7 Å². The minimum Gasteiger partial charge on any atom is -0.489 e. The van der Waals surface area contributed by atoms with Crippen molar-refractivity contribution in [3.05, 3.63) is 48.0 Å². The van der Waals surface area contributed by atoms with Crippen molar-refractivity contribution in [3.63, 3.8) is 0 Å². The zero-order valence-electron chi connectivity index (χ0n) is 13.9. The van der Waals surface area contributed by atoms with Crippen LogP contribution in [0.2, 0.25) is 0 Å². The Labute approximate surface area is 147 Å². The number of carbonyl (C=O) groups is 1. The molecule has 0 radical (unpaired) electrons. The zero-order valence-corrected chi connectivity index (χ0v) is 14.7. The molecule has 1 N–H and O–H groups in total. The van der Waals surface area contributed by atoms with Crippen LogP contribution in [0.5, 0.6) is 5.75 Å². The number of rotatable bonds is 7. The highest BCUT2D eigenvalue weighted by atomic mass is 35.5. The lowest BCUT2D eigenvalue weighted by Crippen LogP contribution is -2.39. The van der Waals surface area contributed by atoms with Crippen molar-refractivity contribution in [1.82, 2.24) is 20.0 Å². The molecular weight excluding hydrogens is 335 g/mol. The number of hydrogen-bond acceptors (Lipinski definition) is 4. The van der Waals surface area contributed by atoms with Crippen LogP contribution in [0.1, 0.15) is 11.6 Å². The summed E-state index contributed by atoms with van der Waals surface area (Å²) < 4.78 is 20.5. The smallest absolute Gasteiger partial charge is 0.244 e. The highest BCUT2D eigenvalue weighted by molar-refractivity contribution is 5.85. The third-order valence-electron chi connectivity index (χ3n) is 3.49. The molecular formula is C16H22ClFN4O2. The van der Waals surface area contributed by atoms with Crippen LogP contribution >= 0.6 is 12.4 Å². The Morgan fingerprint density at radius 1 is 1.46 bits per heavy atom. The SMILES string of the molecule is CNC(C(=O)N(C)CCOc1ccccc1F)c1cnn(C)c1.Cl. The third-order valence-corrected chi connectivity index (χ3v) is 3.49. The monoisotopic (exact) mass is 356 g/mol. The average molecular weight is 357 g/mol. The second-order valence-electron chi connectivity index (χ2n) is 5.21.